The van der Waals surface area contributed by atoms with Crippen molar-refractivity contribution < 1.29 is 18.7 Å². The number of amides is 1. The Balaban J connectivity index is 1.39. The maximum atomic E-state index is 12.1. The third-order valence-corrected chi connectivity index (χ3v) is 3.78. The highest BCUT2D eigenvalue weighted by Crippen LogP contribution is 2.34. The van der Waals surface area contributed by atoms with Crippen LogP contribution in [-0.4, -0.2) is 17.7 Å². The maximum Gasteiger partial charge on any atom is 0.417 e. The molecular formula is C17H14N2O5. The minimum Gasteiger partial charge on any atom is -0.454 e. The summed E-state index contributed by atoms with van der Waals surface area (Å²) in [6.45, 7) is 0.200. The summed E-state index contributed by atoms with van der Waals surface area (Å²) in [5, 5.41) is 2.83. The molecule has 0 unspecified atom stereocenters. The molecule has 0 bridgehead atoms. The summed E-state index contributed by atoms with van der Waals surface area (Å²) in [7, 11) is 0. The van der Waals surface area contributed by atoms with Crippen molar-refractivity contribution in [1.29, 1.82) is 0 Å². The average molecular weight is 326 g/mol. The number of aromatic nitrogens is 1. The van der Waals surface area contributed by atoms with E-state index < -0.39 is 5.76 Å². The van der Waals surface area contributed by atoms with Crippen LogP contribution in [0.5, 0.6) is 11.5 Å². The highest BCUT2D eigenvalue weighted by atomic mass is 16.7. The van der Waals surface area contributed by atoms with Gasteiger partial charge >= 0.3 is 5.76 Å². The van der Waals surface area contributed by atoms with E-state index in [-0.39, 0.29) is 12.7 Å². The lowest BCUT2D eigenvalue weighted by Gasteiger charge is -2.06. The third-order valence-electron chi connectivity index (χ3n) is 3.78. The zero-order chi connectivity index (χ0) is 16.5. The predicted octanol–water partition coefficient (Wildman–Crippen LogP) is 2.42. The summed E-state index contributed by atoms with van der Waals surface area (Å²) in [6.07, 6.45) is 0.877. The SMILES string of the molecule is O=C(CCc1ccc2oc(=O)[nH]c2c1)Nc1ccc2c(c1)OCO2. The molecule has 24 heavy (non-hydrogen) atoms. The van der Waals surface area contributed by atoms with Crippen molar-refractivity contribution in [3.05, 3.63) is 52.5 Å². The van der Waals surface area contributed by atoms with Crippen LogP contribution in [0.3, 0.4) is 0 Å². The van der Waals surface area contributed by atoms with Gasteiger partial charge < -0.3 is 19.2 Å². The van der Waals surface area contributed by atoms with Crippen LogP contribution >= 0.6 is 0 Å². The van der Waals surface area contributed by atoms with Crippen LogP contribution in [0.1, 0.15) is 12.0 Å². The monoisotopic (exact) mass is 326 g/mol. The fourth-order valence-corrected chi connectivity index (χ4v) is 2.61. The number of hydrogen-bond donors (Lipinski definition) is 2. The Morgan fingerprint density at radius 3 is 2.92 bits per heavy atom. The summed E-state index contributed by atoms with van der Waals surface area (Å²) in [6, 6.07) is 10.6. The molecule has 122 valence electrons. The summed E-state index contributed by atoms with van der Waals surface area (Å²) in [5.74, 6) is 0.718. The van der Waals surface area contributed by atoms with Gasteiger partial charge in [0.25, 0.3) is 0 Å². The van der Waals surface area contributed by atoms with E-state index in [1.165, 1.54) is 0 Å². The van der Waals surface area contributed by atoms with E-state index in [2.05, 4.69) is 10.3 Å². The summed E-state index contributed by atoms with van der Waals surface area (Å²) in [4.78, 5) is 25.8. The van der Waals surface area contributed by atoms with Gasteiger partial charge in [-0.1, -0.05) is 6.07 Å². The summed E-state index contributed by atoms with van der Waals surface area (Å²) >= 11 is 0. The lowest BCUT2D eigenvalue weighted by molar-refractivity contribution is -0.116. The Hall–Kier alpha value is -3.22. The first-order valence-corrected chi connectivity index (χ1v) is 7.49. The van der Waals surface area contributed by atoms with E-state index in [4.69, 9.17) is 13.9 Å². The number of ether oxygens (including phenoxy) is 2. The molecule has 2 N–H and O–H groups in total. The zero-order valence-corrected chi connectivity index (χ0v) is 12.6. The third kappa shape index (κ3) is 2.83. The Bertz CT molecular complexity index is 973. The number of H-pyrrole nitrogens is 1. The predicted molar refractivity (Wildman–Crippen MR) is 86.4 cm³/mol. The number of anilines is 1. The number of aryl methyl sites for hydroxylation is 1. The molecule has 0 radical (unpaired) electrons. The average Bonchev–Trinajstić information content (AvgIpc) is 3.17. The number of benzene rings is 2. The first-order chi connectivity index (χ1) is 11.7. The van der Waals surface area contributed by atoms with Gasteiger partial charge in [-0.2, -0.15) is 0 Å². The van der Waals surface area contributed by atoms with Gasteiger partial charge in [0.2, 0.25) is 12.7 Å². The van der Waals surface area contributed by atoms with Crippen LogP contribution in [0.2, 0.25) is 0 Å². The van der Waals surface area contributed by atoms with Crippen molar-refractivity contribution in [3.8, 4) is 11.5 Å². The lowest BCUT2D eigenvalue weighted by Crippen LogP contribution is -2.12. The standard InChI is InChI=1S/C17H14N2O5/c20-16(18-11-3-5-14-15(8-11)23-9-22-14)6-2-10-1-4-13-12(7-10)19-17(21)24-13/h1,3-5,7-8H,2,6,9H2,(H,18,20)(H,19,21). The number of rotatable bonds is 4. The number of hydrogen-bond acceptors (Lipinski definition) is 5. The second-order valence-corrected chi connectivity index (χ2v) is 5.46. The van der Waals surface area contributed by atoms with Gasteiger partial charge in [0.1, 0.15) is 0 Å². The van der Waals surface area contributed by atoms with Gasteiger partial charge in [-0.3, -0.25) is 9.78 Å². The molecular weight excluding hydrogens is 312 g/mol. The van der Waals surface area contributed by atoms with Gasteiger partial charge in [-0.25, -0.2) is 4.79 Å². The molecule has 1 amide bonds. The Morgan fingerprint density at radius 1 is 1.12 bits per heavy atom. The first-order valence-electron chi connectivity index (χ1n) is 7.49. The van der Waals surface area contributed by atoms with Gasteiger partial charge in [0.05, 0.1) is 5.52 Å². The van der Waals surface area contributed by atoms with E-state index in [9.17, 15) is 9.59 Å². The van der Waals surface area contributed by atoms with E-state index in [1.807, 2.05) is 12.1 Å². The largest absolute Gasteiger partial charge is 0.454 e. The normalized spacial score (nSPS) is 12.5. The second-order valence-electron chi connectivity index (χ2n) is 5.46. The molecule has 2 aromatic carbocycles. The van der Waals surface area contributed by atoms with Gasteiger partial charge in [-0.15, -0.1) is 0 Å². The van der Waals surface area contributed by atoms with Gasteiger partial charge in [-0.05, 0) is 36.2 Å². The van der Waals surface area contributed by atoms with E-state index in [0.717, 1.165) is 5.56 Å². The molecule has 7 heteroatoms. The molecule has 1 aromatic heterocycles. The lowest BCUT2D eigenvalue weighted by atomic mass is 10.1. The van der Waals surface area contributed by atoms with Crippen molar-refractivity contribution in [2.75, 3.05) is 12.1 Å². The van der Waals surface area contributed by atoms with Crippen LogP contribution in [0.4, 0.5) is 5.69 Å². The van der Waals surface area contributed by atoms with Gasteiger partial charge in [0, 0.05) is 18.2 Å². The topological polar surface area (TPSA) is 93.6 Å². The van der Waals surface area contributed by atoms with Crippen molar-refractivity contribution >= 4 is 22.7 Å². The van der Waals surface area contributed by atoms with E-state index >= 15 is 0 Å². The number of aromatic amines is 1. The highest BCUT2D eigenvalue weighted by molar-refractivity contribution is 5.91. The Morgan fingerprint density at radius 2 is 2.00 bits per heavy atom. The molecule has 2 heterocycles. The van der Waals surface area contributed by atoms with Crippen LogP contribution in [0, 0.1) is 0 Å². The first kappa shape index (κ1) is 14.4. The van der Waals surface area contributed by atoms with Crippen molar-refractivity contribution in [2.45, 2.75) is 12.8 Å². The molecule has 0 aliphatic carbocycles. The fourth-order valence-electron chi connectivity index (χ4n) is 2.61. The summed E-state index contributed by atoms with van der Waals surface area (Å²) < 4.78 is 15.5. The van der Waals surface area contributed by atoms with Gasteiger partial charge in [0.15, 0.2) is 17.1 Å². The molecule has 0 saturated carbocycles. The molecule has 0 fully saturated rings. The quantitative estimate of drug-likeness (QED) is 0.768. The van der Waals surface area contributed by atoms with Crippen molar-refractivity contribution in [2.24, 2.45) is 0 Å². The minimum absolute atomic E-state index is 0.102. The van der Waals surface area contributed by atoms with Crippen LogP contribution in [0.25, 0.3) is 11.1 Å². The molecule has 0 atom stereocenters. The maximum absolute atomic E-state index is 12.1. The van der Waals surface area contributed by atoms with Crippen LogP contribution in [-0.2, 0) is 11.2 Å². The van der Waals surface area contributed by atoms with Crippen molar-refractivity contribution in [1.82, 2.24) is 4.98 Å². The number of oxazole rings is 1. The van der Waals surface area contributed by atoms with E-state index in [1.54, 1.807) is 24.3 Å². The van der Waals surface area contributed by atoms with E-state index in [0.29, 0.717) is 41.1 Å². The molecule has 7 nitrogen and oxygen atoms in total. The highest BCUT2D eigenvalue weighted by Gasteiger charge is 2.14. The smallest absolute Gasteiger partial charge is 0.417 e. The minimum atomic E-state index is -0.484. The molecule has 0 saturated heterocycles. The van der Waals surface area contributed by atoms with Crippen LogP contribution < -0.4 is 20.5 Å². The zero-order valence-electron chi connectivity index (χ0n) is 12.6. The summed E-state index contributed by atoms with van der Waals surface area (Å²) in [5.41, 5.74) is 2.75. The molecule has 3 aromatic rings. The second kappa shape index (κ2) is 5.77. The molecule has 1 aliphatic heterocycles. The molecule has 0 spiro atoms. The number of carbonyl (C=O) groups excluding carboxylic acids is 1. The number of carbonyl (C=O) groups is 1. The van der Waals surface area contributed by atoms with Crippen molar-refractivity contribution in [3.63, 3.8) is 0 Å². The molecule has 4 rings (SSSR count). The number of fused-ring (bicyclic) bond motifs is 2. The van der Waals surface area contributed by atoms with Crippen LogP contribution in [0.15, 0.2) is 45.6 Å². The Labute approximate surface area is 136 Å². The molecule has 1 aliphatic rings. The number of nitrogens with one attached hydrogen (secondary N) is 2. The fraction of sp³-hybridized carbons (Fsp3) is 0.176. The Kier molecular flexibility index (Phi) is 3.45.